The van der Waals surface area contributed by atoms with Crippen LogP contribution in [0.2, 0.25) is 0 Å². The molecule has 0 atom stereocenters. The molecule has 0 bridgehead atoms. The van der Waals surface area contributed by atoms with E-state index in [0.717, 1.165) is 16.8 Å². The van der Waals surface area contributed by atoms with Crippen molar-refractivity contribution in [2.45, 2.75) is 44.2 Å². The van der Waals surface area contributed by atoms with Gasteiger partial charge in [0.2, 0.25) is 0 Å². The lowest BCUT2D eigenvalue weighted by Gasteiger charge is -2.30. The zero-order valence-electron chi connectivity index (χ0n) is 16.3. The number of guanidine groups is 1. The normalized spacial score (nSPS) is 19.9. The van der Waals surface area contributed by atoms with Crippen LogP contribution in [0.15, 0.2) is 40.7 Å². The summed E-state index contributed by atoms with van der Waals surface area (Å²) in [7, 11) is 5.86. The molecule has 0 amide bonds. The fraction of sp³-hybridized carbons (Fsp3) is 0.500. The van der Waals surface area contributed by atoms with Gasteiger partial charge in [-0.15, -0.1) is 35.3 Å². The first kappa shape index (κ1) is 21.9. The summed E-state index contributed by atoms with van der Waals surface area (Å²) in [6.45, 7) is 0.698. The molecule has 1 saturated carbocycles. The third-order valence-corrected chi connectivity index (χ3v) is 5.98. The Hall–Kier alpha value is -1.35. The van der Waals surface area contributed by atoms with E-state index in [1.807, 2.05) is 26.0 Å². The van der Waals surface area contributed by atoms with Gasteiger partial charge in [-0.25, -0.2) is 4.98 Å². The lowest BCUT2D eigenvalue weighted by Crippen LogP contribution is -2.44. The molecular weight excluding hydrogens is 469 g/mol. The molecule has 0 aliphatic heterocycles. The van der Waals surface area contributed by atoms with Gasteiger partial charge in [-0.3, -0.25) is 4.99 Å². The average Bonchev–Trinajstić information content (AvgIpc) is 3.16. The van der Waals surface area contributed by atoms with Gasteiger partial charge in [0.15, 0.2) is 11.1 Å². The summed E-state index contributed by atoms with van der Waals surface area (Å²) in [5, 5.41) is 10.1. The molecule has 7 heteroatoms. The van der Waals surface area contributed by atoms with Crippen molar-refractivity contribution >= 4 is 46.4 Å². The van der Waals surface area contributed by atoms with Crippen LogP contribution in [0.4, 0.5) is 5.13 Å². The Labute approximate surface area is 183 Å². The molecule has 1 fully saturated rings. The lowest BCUT2D eigenvalue weighted by molar-refractivity contribution is 0.371. The van der Waals surface area contributed by atoms with Crippen molar-refractivity contribution in [2.24, 2.45) is 4.99 Å². The van der Waals surface area contributed by atoms with Crippen LogP contribution >= 0.6 is 35.3 Å². The van der Waals surface area contributed by atoms with Gasteiger partial charge < -0.3 is 15.5 Å². The van der Waals surface area contributed by atoms with Crippen molar-refractivity contribution in [3.05, 3.63) is 47.0 Å². The summed E-state index contributed by atoms with van der Waals surface area (Å²) in [6.07, 6.45) is 4.83. The number of rotatable bonds is 5. The number of benzene rings is 1. The third kappa shape index (κ3) is 6.34. The minimum absolute atomic E-state index is 0. The number of halogens is 1. The number of aliphatic imine (C=N–C) groups is 1. The highest BCUT2D eigenvalue weighted by atomic mass is 127. The lowest BCUT2D eigenvalue weighted by atomic mass is 9.82. The minimum Gasteiger partial charge on any atom is -0.354 e. The summed E-state index contributed by atoms with van der Waals surface area (Å²) in [4.78, 5) is 11.0. The molecule has 1 aliphatic carbocycles. The van der Waals surface area contributed by atoms with Gasteiger partial charge in [0, 0.05) is 32.6 Å². The van der Waals surface area contributed by atoms with Crippen molar-refractivity contribution in [1.29, 1.82) is 0 Å². The molecule has 2 N–H and O–H groups in total. The molecule has 1 aliphatic rings. The summed E-state index contributed by atoms with van der Waals surface area (Å²) in [5.41, 5.74) is 2.53. The van der Waals surface area contributed by atoms with E-state index in [1.54, 1.807) is 11.3 Å². The SMILES string of the molecule is CN=C(NCc1csc(N(C)C)n1)NC1CCC(c2ccccc2)CC1.I. The number of aromatic nitrogens is 1. The van der Waals surface area contributed by atoms with Crippen LogP contribution in [-0.2, 0) is 6.54 Å². The Bertz CT molecular complexity index is 708. The molecule has 27 heavy (non-hydrogen) atoms. The van der Waals surface area contributed by atoms with Crippen LogP contribution in [0.5, 0.6) is 0 Å². The summed E-state index contributed by atoms with van der Waals surface area (Å²) in [6, 6.07) is 11.4. The monoisotopic (exact) mass is 499 g/mol. The summed E-state index contributed by atoms with van der Waals surface area (Å²) >= 11 is 1.67. The number of nitrogens with zero attached hydrogens (tertiary/aromatic N) is 3. The van der Waals surface area contributed by atoms with E-state index in [1.165, 1.54) is 31.2 Å². The first-order chi connectivity index (χ1) is 12.7. The fourth-order valence-electron chi connectivity index (χ4n) is 3.44. The van der Waals surface area contributed by atoms with E-state index in [0.29, 0.717) is 18.5 Å². The molecule has 3 rings (SSSR count). The van der Waals surface area contributed by atoms with E-state index in [2.05, 4.69) is 56.3 Å². The van der Waals surface area contributed by atoms with Gasteiger partial charge in [0.25, 0.3) is 0 Å². The maximum atomic E-state index is 4.61. The van der Waals surface area contributed by atoms with Crippen LogP contribution in [-0.4, -0.2) is 38.1 Å². The van der Waals surface area contributed by atoms with Crippen molar-refractivity contribution < 1.29 is 0 Å². The van der Waals surface area contributed by atoms with Crippen LogP contribution in [0, 0.1) is 0 Å². The first-order valence-electron chi connectivity index (χ1n) is 9.29. The Morgan fingerprint density at radius 1 is 1.19 bits per heavy atom. The topological polar surface area (TPSA) is 52.6 Å². The highest BCUT2D eigenvalue weighted by Crippen LogP contribution is 2.32. The standard InChI is InChI=1S/C20H29N5S.HI/c1-21-19(22-13-18-14-26-20(24-18)25(2)3)23-17-11-9-16(10-12-17)15-7-5-4-6-8-15;/h4-8,14,16-17H,9-13H2,1-3H3,(H2,21,22,23);1H. The van der Waals surface area contributed by atoms with Crippen molar-refractivity contribution in [3.8, 4) is 0 Å². The molecule has 2 aromatic rings. The summed E-state index contributed by atoms with van der Waals surface area (Å²) in [5.74, 6) is 1.57. The van der Waals surface area contributed by atoms with E-state index in [-0.39, 0.29) is 24.0 Å². The minimum atomic E-state index is 0. The zero-order chi connectivity index (χ0) is 18.4. The molecule has 0 radical (unpaired) electrons. The van der Waals surface area contributed by atoms with Crippen molar-refractivity contribution in [3.63, 3.8) is 0 Å². The van der Waals surface area contributed by atoms with Crippen LogP contribution in [0.25, 0.3) is 0 Å². The highest BCUT2D eigenvalue weighted by molar-refractivity contribution is 14.0. The molecule has 148 valence electrons. The Morgan fingerprint density at radius 3 is 2.48 bits per heavy atom. The molecule has 5 nitrogen and oxygen atoms in total. The van der Waals surface area contributed by atoms with Crippen molar-refractivity contribution in [1.82, 2.24) is 15.6 Å². The van der Waals surface area contributed by atoms with Gasteiger partial charge in [-0.2, -0.15) is 0 Å². The fourth-order valence-corrected chi connectivity index (χ4v) is 4.20. The second kappa shape index (κ2) is 10.8. The number of thiazole rings is 1. The molecule has 1 heterocycles. The quantitative estimate of drug-likeness (QED) is 0.368. The van der Waals surface area contributed by atoms with Crippen LogP contribution < -0.4 is 15.5 Å². The number of hydrogen-bond donors (Lipinski definition) is 2. The van der Waals surface area contributed by atoms with E-state index < -0.39 is 0 Å². The highest BCUT2D eigenvalue weighted by Gasteiger charge is 2.22. The van der Waals surface area contributed by atoms with Gasteiger partial charge in [0.1, 0.15) is 0 Å². The smallest absolute Gasteiger partial charge is 0.191 e. The number of nitrogens with one attached hydrogen (secondary N) is 2. The van der Waals surface area contributed by atoms with E-state index in [9.17, 15) is 0 Å². The van der Waals surface area contributed by atoms with Crippen molar-refractivity contribution in [2.75, 3.05) is 26.0 Å². The zero-order valence-corrected chi connectivity index (χ0v) is 19.5. The average molecular weight is 499 g/mol. The number of anilines is 1. The van der Waals surface area contributed by atoms with Gasteiger partial charge in [-0.1, -0.05) is 30.3 Å². The molecule has 0 spiro atoms. The number of hydrogen-bond acceptors (Lipinski definition) is 4. The largest absolute Gasteiger partial charge is 0.354 e. The molecule has 0 saturated heterocycles. The molecule has 1 aromatic carbocycles. The molecule has 1 aromatic heterocycles. The molecule has 0 unspecified atom stereocenters. The predicted molar refractivity (Wildman–Crippen MR) is 127 cm³/mol. The maximum Gasteiger partial charge on any atom is 0.191 e. The molecular formula is C20H30IN5S. The first-order valence-corrected chi connectivity index (χ1v) is 10.2. The second-order valence-electron chi connectivity index (χ2n) is 7.05. The Balaban J connectivity index is 0.00000261. The summed E-state index contributed by atoms with van der Waals surface area (Å²) < 4.78 is 0. The predicted octanol–water partition coefficient (Wildman–Crippen LogP) is 4.22. The Morgan fingerprint density at radius 2 is 1.89 bits per heavy atom. The second-order valence-corrected chi connectivity index (χ2v) is 7.88. The van der Waals surface area contributed by atoms with Gasteiger partial charge in [0.05, 0.1) is 12.2 Å². The maximum absolute atomic E-state index is 4.61. The van der Waals surface area contributed by atoms with Gasteiger partial charge in [-0.05, 0) is 37.2 Å². The third-order valence-electron chi connectivity index (χ3n) is 4.92. The Kier molecular flexibility index (Phi) is 8.82. The van der Waals surface area contributed by atoms with E-state index >= 15 is 0 Å². The van der Waals surface area contributed by atoms with Crippen LogP contribution in [0.1, 0.15) is 42.9 Å². The van der Waals surface area contributed by atoms with E-state index in [4.69, 9.17) is 0 Å². The van der Waals surface area contributed by atoms with Crippen LogP contribution in [0.3, 0.4) is 0 Å². The van der Waals surface area contributed by atoms with Gasteiger partial charge >= 0.3 is 0 Å².